The van der Waals surface area contributed by atoms with Crippen LogP contribution in [0.15, 0.2) is 12.1 Å². The smallest absolute Gasteiger partial charge is 0.328 e. The third kappa shape index (κ3) is 2.43. The lowest BCUT2D eigenvalue weighted by Crippen LogP contribution is -2.30. The number of phenolic OH excluding ortho intramolecular Hbond substituents is 2. The molecule has 0 aliphatic rings. The van der Waals surface area contributed by atoms with E-state index in [4.69, 9.17) is 10.5 Å². The minimum atomic E-state index is -0.765. The number of hydrogen-bond acceptors (Lipinski definition) is 5. The van der Waals surface area contributed by atoms with Crippen LogP contribution in [0.2, 0.25) is 0 Å². The van der Waals surface area contributed by atoms with Gasteiger partial charge < -0.3 is 20.7 Å². The van der Waals surface area contributed by atoms with E-state index in [1.54, 1.807) is 6.92 Å². The van der Waals surface area contributed by atoms with Crippen molar-refractivity contribution in [1.82, 2.24) is 0 Å². The van der Waals surface area contributed by atoms with E-state index in [1.807, 2.05) is 0 Å². The van der Waals surface area contributed by atoms with Gasteiger partial charge in [0.05, 0.1) is 0 Å². The maximum atomic E-state index is 11.2. The predicted octanol–water partition coefficient (Wildman–Crippen LogP) is 0.913. The van der Waals surface area contributed by atoms with Gasteiger partial charge in [-0.15, -0.1) is 0 Å². The largest absolute Gasteiger partial charge is 0.508 e. The second-order valence-corrected chi connectivity index (χ2v) is 3.47. The van der Waals surface area contributed by atoms with Gasteiger partial charge in [0.25, 0.3) is 0 Å². The maximum absolute atomic E-state index is 11.2. The Morgan fingerprint density at radius 3 is 2.62 bits per heavy atom. The van der Waals surface area contributed by atoms with E-state index < -0.39 is 12.0 Å². The number of carbonyl (C=O) groups is 1. The van der Waals surface area contributed by atoms with Gasteiger partial charge in [0.15, 0.2) is 11.5 Å². The summed E-state index contributed by atoms with van der Waals surface area (Å²) in [6, 6.07) is 1.92. The van der Waals surface area contributed by atoms with Crippen LogP contribution in [0.1, 0.15) is 19.4 Å². The van der Waals surface area contributed by atoms with E-state index in [2.05, 4.69) is 0 Å². The molecule has 1 atom stereocenters. The van der Waals surface area contributed by atoms with E-state index in [0.717, 1.165) is 0 Å². The quantitative estimate of drug-likeness (QED) is 0.525. The van der Waals surface area contributed by atoms with Crippen molar-refractivity contribution in [2.45, 2.75) is 26.3 Å². The zero-order valence-corrected chi connectivity index (χ0v) is 9.23. The molecule has 0 fully saturated rings. The zero-order valence-electron chi connectivity index (χ0n) is 9.23. The summed E-state index contributed by atoms with van der Waals surface area (Å²) >= 11 is 0. The summed E-state index contributed by atoms with van der Waals surface area (Å²) in [6.07, 6.45) is 0.432. The Labute approximate surface area is 93.5 Å². The Hall–Kier alpha value is -1.75. The number of carbonyl (C=O) groups excluding carboxylic acids is 1. The van der Waals surface area contributed by atoms with Crippen LogP contribution >= 0.6 is 0 Å². The van der Waals surface area contributed by atoms with Crippen LogP contribution in [0.3, 0.4) is 0 Å². The first-order valence-electron chi connectivity index (χ1n) is 4.98. The third-order valence-corrected chi connectivity index (χ3v) is 2.16. The minimum absolute atomic E-state index is 0.0111. The van der Waals surface area contributed by atoms with Crippen LogP contribution in [-0.4, -0.2) is 22.2 Å². The average molecular weight is 225 g/mol. The molecular formula is C11H15NO4. The van der Waals surface area contributed by atoms with Crippen molar-refractivity contribution >= 4 is 5.97 Å². The molecule has 16 heavy (non-hydrogen) atoms. The lowest BCUT2D eigenvalue weighted by atomic mass is 10.1. The van der Waals surface area contributed by atoms with E-state index in [-0.39, 0.29) is 17.2 Å². The topological polar surface area (TPSA) is 92.8 Å². The number of ether oxygens (including phenoxy) is 1. The molecule has 0 aliphatic carbocycles. The van der Waals surface area contributed by atoms with Gasteiger partial charge in [-0.2, -0.15) is 0 Å². The van der Waals surface area contributed by atoms with Gasteiger partial charge in [0, 0.05) is 5.56 Å². The van der Waals surface area contributed by atoms with Crippen LogP contribution < -0.4 is 10.5 Å². The highest BCUT2D eigenvalue weighted by Crippen LogP contribution is 2.36. The number of benzene rings is 1. The number of esters is 1. The third-order valence-electron chi connectivity index (χ3n) is 2.16. The molecule has 5 nitrogen and oxygen atoms in total. The summed E-state index contributed by atoms with van der Waals surface area (Å²) in [6.45, 7) is 3.26. The second kappa shape index (κ2) is 4.85. The second-order valence-electron chi connectivity index (χ2n) is 3.47. The van der Waals surface area contributed by atoms with Crippen LogP contribution in [-0.2, 0) is 11.2 Å². The van der Waals surface area contributed by atoms with Gasteiger partial charge in [0.2, 0.25) is 0 Å². The lowest BCUT2D eigenvalue weighted by molar-refractivity contribution is -0.135. The summed E-state index contributed by atoms with van der Waals surface area (Å²) in [5, 5.41) is 19.2. The molecule has 0 aromatic heterocycles. The van der Waals surface area contributed by atoms with Crippen LogP contribution in [0.4, 0.5) is 0 Å². The summed E-state index contributed by atoms with van der Waals surface area (Å²) in [4.78, 5) is 11.2. The van der Waals surface area contributed by atoms with E-state index >= 15 is 0 Å². The van der Waals surface area contributed by atoms with Crippen molar-refractivity contribution in [2.24, 2.45) is 5.73 Å². The molecule has 0 radical (unpaired) electrons. The Morgan fingerprint density at radius 2 is 2.12 bits per heavy atom. The van der Waals surface area contributed by atoms with Crippen LogP contribution in [0.5, 0.6) is 17.2 Å². The molecule has 88 valence electrons. The number of aromatic hydroxyl groups is 2. The highest BCUT2D eigenvalue weighted by atomic mass is 16.5. The van der Waals surface area contributed by atoms with Crippen molar-refractivity contribution < 1.29 is 19.7 Å². The molecule has 5 heteroatoms. The molecule has 1 rings (SSSR count). The summed E-state index contributed by atoms with van der Waals surface area (Å²) in [7, 11) is 0. The zero-order chi connectivity index (χ0) is 12.3. The standard InChI is InChI=1S/C11H15NO4/c1-3-7-8(13)4-5-9(10(7)14)16-11(15)6(2)12/h4-6,13-14H,3,12H2,1-2H3/t6-/m0/s1. The molecule has 0 heterocycles. The molecule has 1 aromatic carbocycles. The van der Waals surface area contributed by atoms with Crippen LogP contribution in [0, 0.1) is 0 Å². The molecule has 0 saturated heterocycles. The van der Waals surface area contributed by atoms with Gasteiger partial charge >= 0.3 is 5.97 Å². The van der Waals surface area contributed by atoms with E-state index in [0.29, 0.717) is 12.0 Å². The van der Waals surface area contributed by atoms with Crippen molar-refractivity contribution in [3.63, 3.8) is 0 Å². The first kappa shape index (κ1) is 12.3. The highest BCUT2D eigenvalue weighted by molar-refractivity contribution is 5.78. The fourth-order valence-electron chi connectivity index (χ4n) is 1.24. The van der Waals surface area contributed by atoms with Gasteiger partial charge in [-0.3, -0.25) is 0 Å². The number of hydrogen-bond donors (Lipinski definition) is 3. The molecule has 0 saturated carbocycles. The van der Waals surface area contributed by atoms with Gasteiger partial charge in [-0.1, -0.05) is 6.92 Å². The Morgan fingerprint density at radius 1 is 1.50 bits per heavy atom. The predicted molar refractivity (Wildman–Crippen MR) is 58.4 cm³/mol. The van der Waals surface area contributed by atoms with Gasteiger partial charge in [0.1, 0.15) is 11.8 Å². The van der Waals surface area contributed by atoms with Crippen molar-refractivity contribution in [3.8, 4) is 17.2 Å². The number of phenols is 2. The minimum Gasteiger partial charge on any atom is -0.508 e. The molecule has 0 spiro atoms. The molecule has 0 unspecified atom stereocenters. The molecule has 0 bridgehead atoms. The van der Waals surface area contributed by atoms with E-state index in [9.17, 15) is 15.0 Å². The molecular weight excluding hydrogens is 210 g/mol. The fourth-order valence-corrected chi connectivity index (χ4v) is 1.24. The average Bonchev–Trinajstić information content (AvgIpc) is 2.22. The number of rotatable bonds is 3. The highest BCUT2D eigenvalue weighted by Gasteiger charge is 2.16. The van der Waals surface area contributed by atoms with Crippen molar-refractivity contribution in [1.29, 1.82) is 0 Å². The first-order valence-corrected chi connectivity index (χ1v) is 4.98. The van der Waals surface area contributed by atoms with E-state index in [1.165, 1.54) is 19.1 Å². The summed E-state index contributed by atoms with van der Waals surface area (Å²) in [5.74, 6) is -0.878. The monoisotopic (exact) mass is 225 g/mol. The number of nitrogens with two attached hydrogens (primary N) is 1. The fraction of sp³-hybridized carbons (Fsp3) is 0.364. The molecule has 1 aromatic rings. The summed E-state index contributed by atoms with van der Waals surface area (Å²) < 4.78 is 4.88. The van der Waals surface area contributed by atoms with Crippen molar-refractivity contribution in [3.05, 3.63) is 17.7 Å². The Bertz CT molecular complexity index is 401. The Kier molecular flexibility index (Phi) is 3.73. The normalized spacial score (nSPS) is 12.2. The van der Waals surface area contributed by atoms with Gasteiger partial charge in [-0.25, -0.2) is 4.79 Å². The Balaban J connectivity index is 3.03. The lowest BCUT2D eigenvalue weighted by Gasteiger charge is -2.11. The molecule has 0 aliphatic heterocycles. The summed E-state index contributed by atoms with van der Waals surface area (Å²) in [5.41, 5.74) is 5.67. The van der Waals surface area contributed by atoms with Crippen LogP contribution in [0.25, 0.3) is 0 Å². The van der Waals surface area contributed by atoms with Gasteiger partial charge in [-0.05, 0) is 25.5 Å². The van der Waals surface area contributed by atoms with Crippen molar-refractivity contribution in [2.75, 3.05) is 0 Å². The first-order chi connectivity index (χ1) is 7.47. The maximum Gasteiger partial charge on any atom is 0.328 e. The molecule has 0 amide bonds. The molecule has 4 N–H and O–H groups in total. The SMILES string of the molecule is CCc1c(O)ccc(OC(=O)[C@H](C)N)c1O.